The Balaban J connectivity index is 0.000000198. The maximum absolute atomic E-state index is 2.34. The van der Waals surface area contributed by atoms with Crippen LogP contribution in [-0.2, 0) is 28.2 Å². The molecule has 4 heteroatoms. The summed E-state index contributed by atoms with van der Waals surface area (Å²) in [5, 5.41) is 0. The Morgan fingerprint density at radius 1 is 0.210 bits per heavy atom. The van der Waals surface area contributed by atoms with Crippen LogP contribution in [0.25, 0.3) is 45.0 Å². The maximum atomic E-state index is 2.34. The van der Waals surface area contributed by atoms with Crippen LogP contribution in [-0.4, -0.2) is 0 Å². The van der Waals surface area contributed by atoms with E-state index >= 15 is 0 Å². The summed E-state index contributed by atoms with van der Waals surface area (Å²) in [4.78, 5) is 0. The van der Waals surface area contributed by atoms with Crippen molar-refractivity contribution in [3.8, 4) is 45.0 Å². The minimum Gasteiger partial charge on any atom is -0.201 e. The van der Waals surface area contributed by atoms with Gasteiger partial charge in [0.1, 0.15) is 28.2 Å². The topological polar surface area (TPSA) is 15.5 Å². The van der Waals surface area contributed by atoms with Crippen molar-refractivity contribution in [3.05, 3.63) is 204 Å². The lowest BCUT2D eigenvalue weighted by molar-refractivity contribution is -0.667. The van der Waals surface area contributed by atoms with E-state index in [-0.39, 0.29) is 0 Å². The fourth-order valence-electron chi connectivity index (χ4n) is 12.4. The summed E-state index contributed by atoms with van der Waals surface area (Å²) in [5.41, 5.74) is 51.2. The van der Waals surface area contributed by atoms with Crippen molar-refractivity contribution in [3.63, 3.8) is 0 Å². The highest BCUT2D eigenvalue weighted by atomic mass is 15.0. The van der Waals surface area contributed by atoms with Crippen LogP contribution in [0, 0.1) is 201 Å². The van der Waals surface area contributed by atoms with Crippen LogP contribution in [0.15, 0.2) is 42.7 Å². The van der Waals surface area contributed by atoms with Crippen molar-refractivity contribution >= 4 is 0 Å². The van der Waals surface area contributed by atoms with Crippen molar-refractivity contribution in [2.24, 2.45) is 28.2 Å². The summed E-state index contributed by atoms with van der Waals surface area (Å²) >= 11 is 0. The first-order chi connectivity index (χ1) is 37.4. The Labute approximate surface area is 494 Å². The molecule has 0 bridgehead atoms. The number of pyridine rings is 4. The van der Waals surface area contributed by atoms with Gasteiger partial charge in [-0.3, -0.25) is 0 Å². The fourth-order valence-corrected chi connectivity index (χ4v) is 12.4. The van der Waals surface area contributed by atoms with Gasteiger partial charge in [0.2, 0.25) is 22.8 Å². The number of rotatable bonds is 4. The van der Waals surface area contributed by atoms with Gasteiger partial charge in [0.05, 0.1) is 11.1 Å². The van der Waals surface area contributed by atoms with Crippen molar-refractivity contribution in [1.82, 2.24) is 0 Å². The average molecular weight is 1090 g/mol. The molecule has 8 rings (SSSR count). The highest BCUT2D eigenvalue weighted by molar-refractivity contribution is 5.74. The second-order valence-electron chi connectivity index (χ2n) is 24.9. The van der Waals surface area contributed by atoms with Gasteiger partial charge in [0.15, 0.2) is 23.8 Å². The Kier molecular flexibility index (Phi) is 20.4. The summed E-state index contributed by atoms with van der Waals surface area (Å²) in [6.45, 7) is 64.5. The van der Waals surface area contributed by atoms with Crippen LogP contribution < -0.4 is 18.3 Å². The molecule has 0 amide bonds. The number of aromatic nitrogens is 4. The number of hydrogen-bond acceptors (Lipinski definition) is 0. The number of benzene rings is 4. The maximum Gasteiger partial charge on any atom is 0.216 e. The average Bonchev–Trinajstić information content (AvgIpc) is 3.56. The van der Waals surface area contributed by atoms with Gasteiger partial charge in [-0.1, -0.05) is 6.07 Å². The summed E-state index contributed by atoms with van der Waals surface area (Å²) in [6.07, 6.45) is 4.49. The van der Waals surface area contributed by atoms with Gasteiger partial charge < -0.3 is 0 Å². The van der Waals surface area contributed by atoms with Crippen molar-refractivity contribution < 1.29 is 18.3 Å². The number of hydrogen-bond donors (Lipinski definition) is 0. The fraction of sp³-hybridized carbons (Fsp3) is 0.429. The van der Waals surface area contributed by atoms with Gasteiger partial charge in [-0.25, -0.2) is 9.13 Å². The van der Waals surface area contributed by atoms with Crippen molar-refractivity contribution in [2.45, 2.75) is 201 Å². The van der Waals surface area contributed by atoms with Crippen LogP contribution in [0.5, 0.6) is 0 Å². The minimum absolute atomic E-state index is 1.31. The Hall–Kier alpha value is -6.52. The van der Waals surface area contributed by atoms with Crippen LogP contribution in [0.1, 0.15) is 162 Å². The van der Waals surface area contributed by atoms with Crippen LogP contribution >= 0.6 is 0 Å². The predicted molar refractivity (Wildman–Crippen MR) is 350 cm³/mol. The summed E-state index contributed by atoms with van der Waals surface area (Å²) < 4.78 is 9.21. The monoisotopic (exact) mass is 1090 g/mol. The molecule has 0 aliphatic carbocycles. The van der Waals surface area contributed by atoms with Crippen molar-refractivity contribution in [1.29, 1.82) is 0 Å². The summed E-state index contributed by atoms with van der Waals surface area (Å²) in [7, 11) is 8.66. The SMILES string of the molecule is Cc1c[n+](C)c(-c2c(C)c(C)c(C)c(C)c2C)c(C)c1C.Cc1cc(-c2c(C)c(C)c(C)c[n+]2C)c(C)c(C)c1C.Cc1cc(-c2cc(C)c(C)c(C)[n+]2C)c(C)c(C)c1C.Cc1cc(C)c(-c2cc(C)c(C)c(C)[n+]2C)c(C)c1C. The molecule has 81 heavy (non-hydrogen) atoms. The molecule has 0 saturated heterocycles. The molecule has 4 heterocycles. The second-order valence-corrected chi connectivity index (χ2v) is 24.9. The number of aryl methyl sites for hydroxylation is 10. The smallest absolute Gasteiger partial charge is 0.201 e. The lowest BCUT2D eigenvalue weighted by Crippen LogP contribution is -2.36. The highest BCUT2D eigenvalue weighted by Crippen LogP contribution is 2.37. The predicted octanol–water partition coefficient (Wildman–Crippen LogP) is 17.7. The van der Waals surface area contributed by atoms with Gasteiger partial charge >= 0.3 is 0 Å². The van der Waals surface area contributed by atoms with E-state index in [0.29, 0.717) is 0 Å². The largest absolute Gasteiger partial charge is 0.216 e. The quantitative estimate of drug-likeness (QED) is 0.156. The normalized spacial score (nSPS) is 11.0. The van der Waals surface area contributed by atoms with Crippen LogP contribution in [0.2, 0.25) is 0 Å². The summed E-state index contributed by atoms with van der Waals surface area (Å²) in [5.74, 6) is 0. The Morgan fingerprint density at radius 2 is 0.506 bits per heavy atom. The molecule has 430 valence electrons. The van der Waals surface area contributed by atoms with E-state index in [1.807, 2.05) is 0 Å². The lowest BCUT2D eigenvalue weighted by atomic mass is 9.86. The Morgan fingerprint density at radius 3 is 0.963 bits per heavy atom. The van der Waals surface area contributed by atoms with E-state index in [1.165, 1.54) is 207 Å². The molecule has 0 aliphatic rings. The molecule has 0 N–H and O–H groups in total. The third-order valence-corrected chi connectivity index (χ3v) is 20.5. The molecule has 4 aromatic carbocycles. The molecule has 0 aliphatic heterocycles. The zero-order valence-corrected chi connectivity index (χ0v) is 57.3. The van der Waals surface area contributed by atoms with E-state index in [0.717, 1.165) is 0 Å². The highest BCUT2D eigenvalue weighted by Gasteiger charge is 2.26. The number of nitrogens with zero attached hydrogens (tertiary/aromatic N) is 4. The molecular formula is C77H106N4+4. The standard InChI is InChI=1S/C20H28N.3C19H26N/c1-11-10-21(9)20(18(8)12(11)2)19-16(6)14(4)13(3)15(5)17(19)7;1-11-9-18(16(6)15(5)13(11)3)19-17(7)14(4)12(2)10-20(19)8;1-11-9-18(16(6)15(5)13(11)3)19-10-12(2)14(4)17(7)20(19)8;1-11-9-13(3)19(16(6)14(11)4)18-10-12(2)15(5)17(7)20(18)8/h10H,1-9H3;3*9-10H,1-8H3/q4*+1. The van der Waals surface area contributed by atoms with E-state index < -0.39 is 0 Å². The van der Waals surface area contributed by atoms with E-state index in [4.69, 9.17) is 0 Å². The molecule has 4 aromatic heterocycles. The van der Waals surface area contributed by atoms with Crippen molar-refractivity contribution in [2.75, 3.05) is 0 Å². The molecule has 0 saturated carbocycles. The first-order valence-corrected chi connectivity index (χ1v) is 29.6. The molecule has 0 radical (unpaired) electrons. The van der Waals surface area contributed by atoms with E-state index in [1.54, 1.807) is 0 Å². The first kappa shape index (κ1) is 65.3. The minimum atomic E-state index is 1.31. The van der Waals surface area contributed by atoms with Gasteiger partial charge in [-0.15, -0.1) is 0 Å². The molecular weight excluding hydrogens is 981 g/mol. The zero-order chi connectivity index (χ0) is 61.6. The lowest BCUT2D eigenvalue weighted by Gasteiger charge is -2.19. The molecule has 4 nitrogen and oxygen atoms in total. The third-order valence-electron chi connectivity index (χ3n) is 20.5. The van der Waals surface area contributed by atoms with Crippen LogP contribution in [0.3, 0.4) is 0 Å². The van der Waals surface area contributed by atoms with Gasteiger partial charge in [0.25, 0.3) is 0 Å². The third kappa shape index (κ3) is 12.5. The summed E-state index contributed by atoms with van der Waals surface area (Å²) in [6, 6.07) is 11.6. The van der Waals surface area contributed by atoms with E-state index in [9.17, 15) is 0 Å². The second kappa shape index (κ2) is 25.3. The zero-order valence-electron chi connectivity index (χ0n) is 57.3. The molecule has 0 fully saturated rings. The molecule has 8 aromatic rings. The molecule has 0 spiro atoms. The van der Waals surface area contributed by atoms with Gasteiger partial charge in [-0.2, -0.15) is 9.13 Å². The van der Waals surface area contributed by atoms with Gasteiger partial charge in [-0.05, 0) is 316 Å². The molecule has 0 unspecified atom stereocenters. The van der Waals surface area contributed by atoms with Gasteiger partial charge in [0, 0.05) is 70.5 Å². The Bertz CT molecular complexity index is 3600. The first-order valence-electron chi connectivity index (χ1n) is 29.6. The van der Waals surface area contributed by atoms with Crippen LogP contribution in [0.4, 0.5) is 0 Å². The van der Waals surface area contributed by atoms with E-state index in [2.05, 4.69) is 290 Å². The molecule has 0 atom stereocenters.